The van der Waals surface area contributed by atoms with Gasteiger partial charge in [-0.3, -0.25) is 15.3 Å². The fourth-order valence-electron chi connectivity index (χ4n) is 3.17. The summed E-state index contributed by atoms with van der Waals surface area (Å²) in [4.78, 5) is 13.1. The van der Waals surface area contributed by atoms with Gasteiger partial charge in [-0.1, -0.05) is 24.3 Å². The molecule has 1 aromatic carbocycles. The minimum absolute atomic E-state index is 0.0444. The second-order valence-electron chi connectivity index (χ2n) is 6.13. The number of urea groups is 1. The number of hydrogen-bond donors (Lipinski definition) is 1. The summed E-state index contributed by atoms with van der Waals surface area (Å²) in [6.07, 6.45) is 7.15. The molecule has 0 spiro atoms. The summed E-state index contributed by atoms with van der Waals surface area (Å²) in [5, 5.41) is 4.24. The van der Waals surface area contributed by atoms with Gasteiger partial charge in [0.25, 0.3) is 0 Å². The number of quaternary nitrogens is 1. The topological polar surface area (TPSA) is 65.8 Å². The number of rotatable bonds is 3. The number of piperidine rings is 1. The molecule has 1 aliphatic heterocycles. The molecular formula is C17H23N4O+. The SMILES string of the molecule is Cn1cc(-c2cccc(CC3CCN(C([NH3+])=O)CC3)c2)cn1. The maximum Gasteiger partial charge on any atom is 0.414 e. The lowest BCUT2D eigenvalue weighted by Gasteiger charge is -2.29. The Labute approximate surface area is 130 Å². The van der Waals surface area contributed by atoms with Gasteiger partial charge in [-0.2, -0.15) is 5.10 Å². The van der Waals surface area contributed by atoms with Crippen LogP contribution < -0.4 is 5.73 Å². The molecule has 0 saturated carbocycles. The molecule has 3 rings (SSSR count). The van der Waals surface area contributed by atoms with Crippen molar-refractivity contribution in [3.8, 4) is 11.1 Å². The van der Waals surface area contributed by atoms with E-state index >= 15 is 0 Å². The van der Waals surface area contributed by atoms with Crippen LogP contribution in [0.2, 0.25) is 0 Å². The normalized spacial score (nSPS) is 16.0. The van der Waals surface area contributed by atoms with Gasteiger partial charge in [0, 0.05) is 31.9 Å². The standard InChI is InChI=1S/C17H22N4O/c1-20-12-16(11-19-20)15-4-2-3-14(10-15)9-13-5-7-21(8-6-13)17(18)22/h2-4,10-13H,5-9H2,1H3,(H2,18,22)/p+1. The van der Waals surface area contributed by atoms with Crippen molar-refractivity contribution in [2.75, 3.05) is 13.1 Å². The number of carbonyl (C=O) groups is 1. The number of nitrogens with zero attached hydrogens (tertiary/aromatic N) is 3. The molecule has 3 N–H and O–H groups in total. The first kappa shape index (κ1) is 14.8. The summed E-state index contributed by atoms with van der Waals surface area (Å²) in [5.74, 6) is 0.653. The van der Waals surface area contributed by atoms with E-state index in [4.69, 9.17) is 0 Å². The monoisotopic (exact) mass is 299 g/mol. The van der Waals surface area contributed by atoms with Crippen LogP contribution in [-0.2, 0) is 13.5 Å². The summed E-state index contributed by atoms with van der Waals surface area (Å²) in [7, 11) is 1.94. The Hall–Kier alpha value is -2.14. The molecule has 22 heavy (non-hydrogen) atoms. The Balaban J connectivity index is 1.65. The first-order valence-electron chi connectivity index (χ1n) is 7.80. The molecule has 2 amide bonds. The van der Waals surface area contributed by atoms with Crippen LogP contribution in [-0.4, -0.2) is 33.8 Å². The first-order chi connectivity index (χ1) is 10.6. The predicted molar refractivity (Wildman–Crippen MR) is 84.9 cm³/mol. The molecule has 1 aromatic heterocycles. The maximum atomic E-state index is 11.3. The molecule has 0 bridgehead atoms. The molecule has 5 nitrogen and oxygen atoms in total. The van der Waals surface area contributed by atoms with E-state index < -0.39 is 0 Å². The van der Waals surface area contributed by atoms with Gasteiger partial charge in [-0.25, -0.2) is 4.79 Å². The average Bonchev–Trinajstić information content (AvgIpc) is 2.95. The second kappa shape index (κ2) is 6.32. The van der Waals surface area contributed by atoms with E-state index in [9.17, 15) is 4.79 Å². The summed E-state index contributed by atoms with van der Waals surface area (Å²) in [6, 6.07) is 8.66. The number of aryl methyl sites for hydroxylation is 1. The summed E-state index contributed by atoms with van der Waals surface area (Å²) < 4.78 is 1.83. The lowest BCUT2D eigenvalue weighted by molar-refractivity contribution is -0.266. The highest BCUT2D eigenvalue weighted by Crippen LogP contribution is 2.25. The molecule has 5 heteroatoms. The van der Waals surface area contributed by atoms with Gasteiger partial charge in [0.05, 0.1) is 6.20 Å². The van der Waals surface area contributed by atoms with Gasteiger partial charge in [-0.05, 0) is 36.3 Å². The Morgan fingerprint density at radius 2 is 2.09 bits per heavy atom. The quantitative estimate of drug-likeness (QED) is 0.937. The van der Waals surface area contributed by atoms with Crippen molar-refractivity contribution in [1.29, 1.82) is 0 Å². The van der Waals surface area contributed by atoms with Crippen molar-refractivity contribution in [3.05, 3.63) is 42.2 Å². The number of likely N-dealkylation sites (tertiary alicyclic amines) is 1. The number of carbonyl (C=O) groups excluding carboxylic acids is 1. The highest BCUT2D eigenvalue weighted by Gasteiger charge is 2.23. The van der Waals surface area contributed by atoms with Gasteiger partial charge >= 0.3 is 6.03 Å². The Morgan fingerprint density at radius 1 is 1.32 bits per heavy atom. The molecular weight excluding hydrogens is 276 g/mol. The van der Waals surface area contributed by atoms with Crippen LogP contribution >= 0.6 is 0 Å². The molecule has 116 valence electrons. The zero-order valence-electron chi connectivity index (χ0n) is 13.0. The third kappa shape index (κ3) is 3.36. The fraction of sp³-hybridized carbons (Fsp3) is 0.412. The first-order valence-corrected chi connectivity index (χ1v) is 7.80. The Morgan fingerprint density at radius 3 is 2.73 bits per heavy atom. The molecule has 0 unspecified atom stereocenters. The Kier molecular flexibility index (Phi) is 4.24. The molecule has 1 fully saturated rings. The minimum Gasteiger partial charge on any atom is -0.293 e. The molecule has 0 aliphatic carbocycles. The zero-order chi connectivity index (χ0) is 15.5. The van der Waals surface area contributed by atoms with E-state index in [-0.39, 0.29) is 6.03 Å². The third-order valence-electron chi connectivity index (χ3n) is 4.46. The number of benzene rings is 1. The molecule has 1 aliphatic rings. The maximum absolute atomic E-state index is 11.3. The van der Waals surface area contributed by atoms with Crippen LogP contribution in [0.5, 0.6) is 0 Å². The van der Waals surface area contributed by atoms with E-state index in [1.54, 1.807) is 0 Å². The highest BCUT2D eigenvalue weighted by atomic mass is 16.2. The molecule has 2 aromatic rings. The van der Waals surface area contributed by atoms with E-state index in [2.05, 4.69) is 35.1 Å². The molecule has 0 atom stereocenters. The minimum atomic E-state index is -0.0444. The van der Waals surface area contributed by atoms with Crippen LogP contribution in [0.15, 0.2) is 36.7 Å². The van der Waals surface area contributed by atoms with Crippen molar-refractivity contribution in [2.45, 2.75) is 19.3 Å². The van der Waals surface area contributed by atoms with Gasteiger partial charge in [0.15, 0.2) is 0 Å². The van der Waals surface area contributed by atoms with Crippen LogP contribution in [0.25, 0.3) is 11.1 Å². The van der Waals surface area contributed by atoms with Crippen LogP contribution in [0, 0.1) is 5.92 Å². The van der Waals surface area contributed by atoms with Gasteiger partial charge in [-0.15, -0.1) is 0 Å². The fourth-order valence-corrected chi connectivity index (χ4v) is 3.17. The smallest absolute Gasteiger partial charge is 0.293 e. The van der Waals surface area contributed by atoms with Gasteiger partial charge in [0.1, 0.15) is 0 Å². The Bertz CT molecular complexity index is 656. The summed E-state index contributed by atoms with van der Waals surface area (Å²) in [6.45, 7) is 1.69. The van der Waals surface area contributed by atoms with Crippen molar-refractivity contribution >= 4 is 6.03 Å². The molecule has 2 heterocycles. The number of hydrogen-bond acceptors (Lipinski definition) is 2. The van der Waals surface area contributed by atoms with Crippen LogP contribution in [0.3, 0.4) is 0 Å². The summed E-state index contributed by atoms with van der Waals surface area (Å²) >= 11 is 0. The third-order valence-corrected chi connectivity index (χ3v) is 4.46. The predicted octanol–water partition coefficient (Wildman–Crippen LogP) is 1.70. The largest absolute Gasteiger partial charge is 0.414 e. The van der Waals surface area contributed by atoms with E-state index in [1.807, 2.05) is 29.0 Å². The zero-order valence-corrected chi connectivity index (χ0v) is 13.0. The molecule has 0 radical (unpaired) electrons. The average molecular weight is 299 g/mol. The lowest BCUT2D eigenvalue weighted by Crippen LogP contribution is -2.65. The van der Waals surface area contributed by atoms with E-state index in [0.717, 1.165) is 37.9 Å². The summed E-state index contributed by atoms with van der Waals surface area (Å²) in [5.41, 5.74) is 7.23. The second-order valence-corrected chi connectivity index (χ2v) is 6.13. The van der Waals surface area contributed by atoms with Crippen LogP contribution in [0.1, 0.15) is 18.4 Å². The number of aromatic nitrogens is 2. The van der Waals surface area contributed by atoms with E-state index in [1.165, 1.54) is 11.1 Å². The van der Waals surface area contributed by atoms with Crippen molar-refractivity contribution < 1.29 is 10.5 Å². The highest BCUT2D eigenvalue weighted by molar-refractivity contribution is 5.63. The van der Waals surface area contributed by atoms with E-state index in [0.29, 0.717) is 5.92 Å². The van der Waals surface area contributed by atoms with Gasteiger partial charge < -0.3 is 0 Å². The molecule has 1 saturated heterocycles. The van der Waals surface area contributed by atoms with Crippen molar-refractivity contribution in [3.63, 3.8) is 0 Å². The lowest BCUT2D eigenvalue weighted by atomic mass is 9.89. The van der Waals surface area contributed by atoms with Gasteiger partial charge in [0.2, 0.25) is 0 Å². The number of amides is 2. The van der Waals surface area contributed by atoms with Crippen molar-refractivity contribution in [1.82, 2.24) is 14.7 Å². The van der Waals surface area contributed by atoms with Crippen LogP contribution in [0.4, 0.5) is 4.79 Å². The van der Waals surface area contributed by atoms with Crippen molar-refractivity contribution in [2.24, 2.45) is 13.0 Å².